The molecule has 0 aromatic heterocycles. The summed E-state index contributed by atoms with van der Waals surface area (Å²) in [6, 6.07) is 23.0. The van der Waals surface area contributed by atoms with Crippen LogP contribution in [0.5, 0.6) is 0 Å². The van der Waals surface area contributed by atoms with Gasteiger partial charge in [-0.15, -0.1) is 0 Å². The fraction of sp³-hybridized carbons (Fsp3) is 0.250. The number of para-hydroxylation sites is 1. The highest BCUT2D eigenvalue weighted by Crippen LogP contribution is 2.26. The number of nitrogens with zero attached hydrogens (tertiary/aromatic N) is 3. The van der Waals surface area contributed by atoms with Gasteiger partial charge >= 0.3 is 18.1 Å². The molecule has 12 heteroatoms. The Morgan fingerprint density at radius 1 is 0.925 bits per heavy atom. The van der Waals surface area contributed by atoms with Crippen molar-refractivity contribution in [2.75, 3.05) is 36.4 Å². The highest BCUT2D eigenvalue weighted by atomic mass is 35.5. The maximum atomic E-state index is 11.2. The van der Waals surface area contributed by atoms with Crippen molar-refractivity contribution in [1.29, 1.82) is 0 Å². The third kappa shape index (κ3) is 8.91. The monoisotopic (exact) mass is 576 g/mol. The number of piperazine rings is 1. The molecular formula is C28H28ClF3N4O4. The van der Waals surface area contributed by atoms with Gasteiger partial charge in [0.2, 0.25) is 0 Å². The Bertz CT molecular complexity index is 1320. The predicted molar refractivity (Wildman–Crippen MR) is 148 cm³/mol. The highest BCUT2D eigenvalue weighted by molar-refractivity contribution is 6.33. The van der Waals surface area contributed by atoms with E-state index in [2.05, 4.69) is 46.3 Å². The Kier molecular flexibility index (Phi) is 10.4. The summed E-state index contributed by atoms with van der Waals surface area (Å²) in [5.74, 6) is -2.92. The minimum absolute atomic E-state index is 0.257. The van der Waals surface area contributed by atoms with Gasteiger partial charge in [0.1, 0.15) is 0 Å². The van der Waals surface area contributed by atoms with Crippen molar-refractivity contribution in [3.05, 3.63) is 94.5 Å². The number of aryl methyl sites for hydroxylation is 1. The highest BCUT2D eigenvalue weighted by Gasteiger charge is 2.38. The van der Waals surface area contributed by atoms with Crippen LogP contribution in [-0.4, -0.2) is 65.4 Å². The van der Waals surface area contributed by atoms with Crippen LogP contribution in [0.1, 0.15) is 21.5 Å². The van der Waals surface area contributed by atoms with Crippen molar-refractivity contribution in [3.63, 3.8) is 0 Å². The molecule has 0 spiro atoms. The first-order valence-electron chi connectivity index (χ1n) is 12.2. The minimum atomic E-state index is -5.08. The van der Waals surface area contributed by atoms with E-state index in [9.17, 15) is 18.0 Å². The number of carboxylic acid groups (broad SMARTS) is 2. The number of hydrogen-bond donors (Lipinski definition) is 3. The summed E-state index contributed by atoms with van der Waals surface area (Å²) in [4.78, 5) is 29.5. The van der Waals surface area contributed by atoms with E-state index in [0.717, 1.165) is 54.1 Å². The molecule has 1 saturated heterocycles. The molecule has 0 atom stereocenters. The Morgan fingerprint density at radius 2 is 1.50 bits per heavy atom. The summed E-state index contributed by atoms with van der Waals surface area (Å²) in [5, 5.41) is 20.4. The molecule has 1 aliphatic rings. The molecule has 212 valence electrons. The standard InChI is InChI=1S/C26H27ClN4O2.C2HF3O2/c1-19-6-8-20(9-7-19)18-28-26(29-22-12-10-21(11-13-22)25(32)33)31-16-14-30(15-17-31)24-5-3-2-4-23(24)27;3-2(4,5)1(6)7/h2-13H,14-18H2,1H3,(H,28,29)(H,32,33);(H,6,7). The zero-order chi connectivity index (χ0) is 29.3. The van der Waals surface area contributed by atoms with E-state index in [1.54, 1.807) is 24.3 Å². The van der Waals surface area contributed by atoms with Crippen molar-refractivity contribution in [2.24, 2.45) is 4.99 Å². The summed E-state index contributed by atoms with van der Waals surface area (Å²) in [5.41, 5.74) is 4.46. The second-order valence-electron chi connectivity index (χ2n) is 8.86. The molecule has 3 aromatic carbocycles. The molecule has 1 fully saturated rings. The van der Waals surface area contributed by atoms with E-state index < -0.39 is 18.1 Å². The number of hydrogen-bond acceptors (Lipinski definition) is 4. The van der Waals surface area contributed by atoms with Gasteiger partial charge in [-0.3, -0.25) is 0 Å². The van der Waals surface area contributed by atoms with Crippen LogP contribution in [0.15, 0.2) is 77.8 Å². The maximum Gasteiger partial charge on any atom is 0.490 e. The number of alkyl halides is 3. The van der Waals surface area contributed by atoms with E-state index in [1.807, 2.05) is 24.3 Å². The number of halogens is 4. The predicted octanol–water partition coefficient (Wildman–Crippen LogP) is 5.77. The van der Waals surface area contributed by atoms with Crippen LogP contribution >= 0.6 is 11.6 Å². The SMILES string of the molecule is Cc1ccc(CN=C(Nc2ccc(C(=O)O)cc2)N2CCN(c3ccccc3Cl)CC2)cc1.O=C(O)C(F)(F)F. The normalized spacial score (nSPS) is 13.8. The van der Waals surface area contributed by atoms with Gasteiger partial charge in [-0.25, -0.2) is 14.6 Å². The molecular weight excluding hydrogens is 549 g/mol. The molecule has 8 nitrogen and oxygen atoms in total. The van der Waals surface area contributed by atoms with Crippen LogP contribution in [0.2, 0.25) is 5.02 Å². The average Bonchev–Trinajstić information content (AvgIpc) is 2.92. The Morgan fingerprint density at radius 3 is 2.02 bits per heavy atom. The number of anilines is 2. The van der Waals surface area contributed by atoms with E-state index in [-0.39, 0.29) is 5.56 Å². The minimum Gasteiger partial charge on any atom is -0.478 e. The molecule has 0 radical (unpaired) electrons. The lowest BCUT2D eigenvalue weighted by Gasteiger charge is -2.38. The number of carboxylic acids is 2. The molecule has 1 aliphatic heterocycles. The summed E-state index contributed by atoms with van der Waals surface area (Å²) in [6.07, 6.45) is -5.08. The first-order chi connectivity index (χ1) is 18.9. The number of aliphatic imine (C=N–C) groups is 1. The lowest BCUT2D eigenvalue weighted by molar-refractivity contribution is -0.192. The number of aromatic carboxylic acids is 1. The zero-order valence-corrected chi connectivity index (χ0v) is 22.3. The van der Waals surface area contributed by atoms with Crippen LogP contribution in [0.3, 0.4) is 0 Å². The Labute approximate surface area is 234 Å². The first kappa shape index (κ1) is 30.3. The van der Waals surface area contributed by atoms with E-state index >= 15 is 0 Å². The second-order valence-corrected chi connectivity index (χ2v) is 9.27. The molecule has 40 heavy (non-hydrogen) atoms. The fourth-order valence-electron chi connectivity index (χ4n) is 3.77. The summed E-state index contributed by atoms with van der Waals surface area (Å²) in [7, 11) is 0. The maximum absolute atomic E-state index is 11.2. The van der Waals surface area contributed by atoms with Gasteiger partial charge in [-0.1, -0.05) is 53.6 Å². The number of nitrogens with one attached hydrogen (secondary N) is 1. The smallest absolute Gasteiger partial charge is 0.478 e. The van der Waals surface area contributed by atoms with E-state index in [1.165, 1.54) is 5.56 Å². The Hall–Kier alpha value is -4.25. The number of rotatable bonds is 5. The first-order valence-corrected chi connectivity index (χ1v) is 12.6. The van der Waals surface area contributed by atoms with Crippen molar-refractivity contribution in [1.82, 2.24) is 4.90 Å². The van der Waals surface area contributed by atoms with Crippen molar-refractivity contribution >= 4 is 40.9 Å². The number of carbonyl (C=O) groups is 2. The van der Waals surface area contributed by atoms with Crippen LogP contribution in [-0.2, 0) is 11.3 Å². The summed E-state index contributed by atoms with van der Waals surface area (Å²) < 4.78 is 31.7. The largest absolute Gasteiger partial charge is 0.490 e. The van der Waals surface area contributed by atoms with Gasteiger partial charge in [-0.05, 0) is 48.9 Å². The molecule has 0 unspecified atom stereocenters. The van der Waals surface area contributed by atoms with Gasteiger partial charge in [0.05, 0.1) is 22.8 Å². The van der Waals surface area contributed by atoms with Gasteiger partial charge in [0.25, 0.3) is 0 Å². The van der Waals surface area contributed by atoms with Crippen LogP contribution < -0.4 is 10.2 Å². The summed E-state index contributed by atoms with van der Waals surface area (Å²) in [6.45, 7) is 5.86. The fourth-order valence-corrected chi connectivity index (χ4v) is 4.03. The van der Waals surface area contributed by atoms with Crippen molar-refractivity contribution < 1.29 is 33.0 Å². The third-order valence-electron chi connectivity index (χ3n) is 5.93. The van der Waals surface area contributed by atoms with Crippen LogP contribution in [0.4, 0.5) is 24.5 Å². The number of guanidine groups is 1. The second kappa shape index (κ2) is 13.7. The average molecular weight is 577 g/mol. The Balaban J connectivity index is 0.000000559. The lowest BCUT2D eigenvalue weighted by Crippen LogP contribution is -2.50. The van der Waals surface area contributed by atoms with E-state index in [4.69, 9.17) is 31.6 Å². The lowest BCUT2D eigenvalue weighted by atomic mass is 10.1. The molecule has 3 aromatic rings. The molecule has 0 bridgehead atoms. The zero-order valence-electron chi connectivity index (χ0n) is 21.5. The van der Waals surface area contributed by atoms with Crippen LogP contribution in [0, 0.1) is 6.92 Å². The topological polar surface area (TPSA) is 105 Å². The van der Waals surface area contributed by atoms with Gasteiger partial charge in [0.15, 0.2) is 5.96 Å². The van der Waals surface area contributed by atoms with Crippen molar-refractivity contribution in [2.45, 2.75) is 19.6 Å². The molecule has 0 saturated carbocycles. The van der Waals surface area contributed by atoms with Crippen molar-refractivity contribution in [3.8, 4) is 0 Å². The number of benzene rings is 3. The number of aliphatic carboxylic acids is 1. The quantitative estimate of drug-likeness (QED) is 0.261. The third-order valence-corrected chi connectivity index (χ3v) is 6.25. The van der Waals surface area contributed by atoms with Crippen LogP contribution in [0.25, 0.3) is 0 Å². The summed E-state index contributed by atoms with van der Waals surface area (Å²) >= 11 is 6.39. The molecule has 4 rings (SSSR count). The molecule has 0 aliphatic carbocycles. The molecule has 0 amide bonds. The van der Waals surface area contributed by atoms with Gasteiger partial charge < -0.3 is 25.3 Å². The van der Waals surface area contributed by atoms with E-state index in [0.29, 0.717) is 6.54 Å². The molecule has 1 heterocycles. The van der Waals surface area contributed by atoms with Gasteiger partial charge in [0, 0.05) is 31.9 Å². The molecule has 3 N–H and O–H groups in total. The van der Waals surface area contributed by atoms with Gasteiger partial charge in [-0.2, -0.15) is 13.2 Å².